The van der Waals surface area contributed by atoms with Gasteiger partial charge in [-0.15, -0.1) is 0 Å². The minimum absolute atomic E-state index is 0.0955. The minimum Gasteiger partial charge on any atom is -0.378 e. The predicted molar refractivity (Wildman–Crippen MR) is 61.0 cm³/mol. The molecule has 0 radical (unpaired) electrons. The third-order valence-electron chi connectivity index (χ3n) is 3.59. The second-order valence-corrected chi connectivity index (χ2v) is 4.85. The van der Waals surface area contributed by atoms with Crippen LogP contribution < -0.4 is 5.32 Å². The van der Waals surface area contributed by atoms with Gasteiger partial charge in [-0.25, -0.2) is 0 Å². The van der Waals surface area contributed by atoms with Gasteiger partial charge in [0.05, 0.1) is 5.60 Å². The van der Waals surface area contributed by atoms with Gasteiger partial charge >= 0.3 is 6.18 Å². The summed E-state index contributed by atoms with van der Waals surface area (Å²) in [5.41, 5.74) is -0.168. The van der Waals surface area contributed by atoms with Crippen LogP contribution in [0, 0.1) is 0 Å². The molecule has 0 aromatic rings. The Bertz CT molecular complexity index is 221. The van der Waals surface area contributed by atoms with Crippen LogP contribution in [0.4, 0.5) is 13.2 Å². The molecule has 102 valence electrons. The Morgan fingerprint density at radius 1 is 1.35 bits per heavy atom. The molecule has 0 spiro atoms. The summed E-state index contributed by atoms with van der Waals surface area (Å²) in [6.45, 7) is 2.61. The fourth-order valence-electron chi connectivity index (χ4n) is 2.41. The van der Waals surface area contributed by atoms with E-state index in [1.165, 1.54) is 0 Å². The van der Waals surface area contributed by atoms with E-state index in [1.54, 1.807) is 7.11 Å². The summed E-state index contributed by atoms with van der Waals surface area (Å²) >= 11 is 0. The van der Waals surface area contributed by atoms with Gasteiger partial charge in [0.15, 0.2) is 0 Å². The largest absolute Gasteiger partial charge is 0.389 e. The van der Waals surface area contributed by atoms with Gasteiger partial charge in [0.2, 0.25) is 0 Å². The van der Waals surface area contributed by atoms with Crippen LogP contribution in [0.25, 0.3) is 0 Å². The van der Waals surface area contributed by atoms with Gasteiger partial charge in [-0.1, -0.05) is 6.92 Å². The van der Waals surface area contributed by atoms with Crippen molar-refractivity contribution < 1.29 is 17.9 Å². The van der Waals surface area contributed by atoms with Gasteiger partial charge in [-0.05, 0) is 38.6 Å². The van der Waals surface area contributed by atoms with Gasteiger partial charge < -0.3 is 10.1 Å². The second-order valence-electron chi connectivity index (χ2n) is 4.85. The van der Waals surface area contributed by atoms with E-state index < -0.39 is 12.6 Å². The zero-order valence-electron chi connectivity index (χ0n) is 10.6. The van der Waals surface area contributed by atoms with Crippen molar-refractivity contribution >= 4 is 0 Å². The van der Waals surface area contributed by atoms with Crippen LogP contribution >= 0.6 is 0 Å². The van der Waals surface area contributed by atoms with E-state index in [4.69, 9.17) is 4.74 Å². The maximum absolute atomic E-state index is 12.2. The predicted octanol–water partition coefficient (Wildman–Crippen LogP) is 3.27. The zero-order chi connectivity index (χ0) is 12.9. The maximum Gasteiger partial charge on any atom is 0.389 e. The normalized spacial score (nSPS) is 21.0. The van der Waals surface area contributed by atoms with Gasteiger partial charge in [-0.2, -0.15) is 13.2 Å². The molecule has 1 atom stereocenters. The van der Waals surface area contributed by atoms with Crippen LogP contribution in [0.15, 0.2) is 0 Å². The van der Waals surface area contributed by atoms with Crippen molar-refractivity contribution in [2.75, 3.05) is 13.7 Å². The lowest BCUT2D eigenvalue weighted by Crippen LogP contribution is -2.46. The Morgan fingerprint density at radius 2 is 2.00 bits per heavy atom. The fourth-order valence-corrected chi connectivity index (χ4v) is 2.41. The van der Waals surface area contributed by atoms with Crippen molar-refractivity contribution in [1.29, 1.82) is 0 Å². The Kier molecular flexibility index (Phi) is 5.25. The number of rotatable bonds is 7. The number of alkyl halides is 3. The molecule has 1 unspecified atom stereocenters. The first-order valence-corrected chi connectivity index (χ1v) is 6.26. The quantitative estimate of drug-likeness (QED) is 0.752. The first-order chi connectivity index (χ1) is 7.91. The monoisotopic (exact) mass is 253 g/mol. The lowest BCUT2D eigenvalue weighted by molar-refractivity contribution is -0.139. The third-order valence-corrected chi connectivity index (χ3v) is 3.59. The first kappa shape index (κ1) is 14.8. The highest BCUT2D eigenvalue weighted by Gasteiger charge is 2.39. The molecule has 0 saturated heterocycles. The average Bonchev–Trinajstić information content (AvgIpc) is 2.18. The van der Waals surface area contributed by atoms with Gasteiger partial charge in [0, 0.05) is 19.6 Å². The molecular weight excluding hydrogens is 231 g/mol. The number of methoxy groups -OCH3 is 1. The fraction of sp³-hybridized carbons (Fsp3) is 1.00. The van der Waals surface area contributed by atoms with Crippen LogP contribution in [0.2, 0.25) is 0 Å². The Morgan fingerprint density at radius 3 is 2.35 bits per heavy atom. The molecule has 1 saturated carbocycles. The van der Waals surface area contributed by atoms with Crippen molar-refractivity contribution in [3.63, 3.8) is 0 Å². The van der Waals surface area contributed by atoms with Crippen LogP contribution in [0.5, 0.6) is 0 Å². The van der Waals surface area contributed by atoms with E-state index in [0.29, 0.717) is 13.0 Å². The summed E-state index contributed by atoms with van der Waals surface area (Å²) < 4.78 is 42.1. The number of hydrogen-bond donors (Lipinski definition) is 1. The highest BCUT2D eigenvalue weighted by molar-refractivity contribution is 4.93. The summed E-state index contributed by atoms with van der Waals surface area (Å²) in [7, 11) is 1.66. The number of nitrogens with one attached hydrogen (secondary N) is 1. The smallest absolute Gasteiger partial charge is 0.378 e. The van der Waals surface area contributed by atoms with Crippen molar-refractivity contribution in [1.82, 2.24) is 5.32 Å². The molecule has 0 aromatic carbocycles. The third kappa shape index (κ3) is 4.84. The van der Waals surface area contributed by atoms with Crippen LogP contribution in [-0.2, 0) is 4.74 Å². The molecule has 1 rings (SSSR count). The van der Waals surface area contributed by atoms with Crippen LogP contribution in [0.3, 0.4) is 0 Å². The van der Waals surface area contributed by atoms with Crippen LogP contribution in [0.1, 0.15) is 45.4 Å². The molecule has 5 heteroatoms. The summed E-state index contributed by atoms with van der Waals surface area (Å²) in [5.74, 6) is 0. The van der Waals surface area contributed by atoms with E-state index in [9.17, 15) is 13.2 Å². The topological polar surface area (TPSA) is 21.3 Å². The molecule has 0 heterocycles. The van der Waals surface area contributed by atoms with Gasteiger partial charge in [0.1, 0.15) is 0 Å². The maximum atomic E-state index is 12.2. The van der Waals surface area contributed by atoms with E-state index in [1.807, 2.05) is 6.92 Å². The van der Waals surface area contributed by atoms with Crippen molar-refractivity contribution in [2.45, 2.75) is 63.3 Å². The number of ether oxygens (including phenoxy) is 1. The molecule has 1 aliphatic carbocycles. The highest BCUT2D eigenvalue weighted by atomic mass is 19.4. The van der Waals surface area contributed by atoms with Crippen molar-refractivity contribution in [3.05, 3.63) is 0 Å². The van der Waals surface area contributed by atoms with E-state index in [0.717, 1.165) is 19.3 Å². The van der Waals surface area contributed by atoms with Gasteiger partial charge in [-0.3, -0.25) is 0 Å². The van der Waals surface area contributed by atoms with E-state index >= 15 is 0 Å². The molecule has 0 bridgehead atoms. The first-order valence-electron chi connectivity index (χ1n) is 6.26. The minimum atomic E-state index is -4.06. The molecule has 1 fully saturated rings. The molecule has 17 heavy (non-hydrogen) atoms. The summed E-state index contributed by atoms with van der Waals surface area (Å²) in [6.07, 6.45) is -0.894. The molecule has 0 aliphatic heterocycles. The number of hydrogen-bond acceptors (Lipinski definition) is 2. The Hall–Kier alpha value is -0.290. The lowest BCUT2D eigenvalue weighted by Gasteiger charge is -2.43. The lowest BCUT2D eigenvalue weighted by atomic mass is 9.75. The standard InChI is InChI=1S/C12H22F3NO/c1-3-16-10(5-8-12(13,14)15)9-11(17-2)6-4-7-11/h10,16H,3-9H2,1-2H3. The molecule has 2 nitrogen and oxygen atoms in total. The highest BCUT2D eigenvalue weighted by Crippen LogP contribution is 2.39. The van der Waals surface area contributed by atoms with Crippen molar-refractivity contribution in [3.8, 4) is 0 Å². The number of halogens is 3. The van der Waals surface area contributed by atoms with Gasteiger partial charge in [0.25, 0.3) is 0 Å². The molecule has 0 aromatic heterocycles. The van der Waals surface area contributed by atoms with Crippen molar-refractivity contribution in [2.24, 2.45) is 0 Å². The Labute approximate surface area is 101 Å². The molecule has 0 amide bonds. The summed E-state index contributed by atoms with van der Waals surface area (Å²) in [4.78, 5) is 0. The summed E-state index contributed by atoms with van der Waals surface area (Å²) in [6, 6.07) is -0.0955. The molecule has 1 N–H and O–H groups in total. The average molecular weight is 253 g/mol. The Balaban J connectivity index is 2.42. The molecule has 1 aliphatic rings. The van der Waals surface area contributed by atoms with Crippen LogP contribution in [-0.4, -0.2) is 31.5 Å². The van der Waals surface area contributed by atoms with E-state index in [2.05, 4.69) is 5.32 Å². The molecular formula is C12H22F3NO. The summed E-state index contributed by atoms with van der Waals surface area (Å²) in [5, 5.41) is 3.13. The SMILES string of the molecule is CCNC(CCC(F)(F)F)CC1(OC)CCC1. The zero-order valence-corrected chi connectivity index (χ0v) is 10.6. The second kappa shape index (κ2) is 6.05. The van der Waals surface area contributed by atoms with E-state index in [-0.39, 0.29) is 18.1 Å².